The number of amides is 1. The van der Waals surface area contributed by atoms with Crippen molar-refractivity contribution in [3.63, 3.8) is 0 Å². The van der Waals surface area contributed by atoms with Gasteiger partial charge in [-0.1, -0.05) is 0 Å². The summed E-state index contributed by atoms with van der Waals surface area (Å²) in [4.78, 5) is 19.6. The first-order valence-electron chi connectivity index (χ1n) is 7.64. The maximum Gasteiger partial charge on any atom is 0.268 e. The molecule has 24 heavy (non-hydrogen) atoms. The van der Waals surface area contributed by atoms with Crippen LogP contribution in [0.2, 0.25) is 0 Å². The molecule has 6 nitrogen and oxygen atoms in total. The number of carbonyl (C=O) groups is 1. The highest BCUT2D eigenvalue weighted by molar-refractivity contribution is 6.00. The van der Waals surface area contributed by atoms with E-state index in [9.17, 15) is 9.18 Å². The lowest BCUT2D eigenvalue weighted by atomic mass is 10.1. The van der Waals surface area contributed by atoms with Crippen molar-refractivity contribution in [3.05, 3.63) is 53.5 Å². The number of benzene rings is 1. The van der Waals surface area contributed by atoms with Gasteiger partial charge in [-0.2, -0.15) is 0 Å². The standard InChI is InChI=1S/C17H19FN4O2/c1-11-14-7-12(18)3-4-15(14)21-16(11)17(23)20-9-13-8-19-10-22(13)5-6-24-2/h3-4,7-8,10,21H,5-6,9H2,1-2H3,(H,20,23). The highest BCUT2D eigenvalue weighted by Crippen LogP contribution is 2.22. The number of imidazole rings is 1. The topological polar surface area (TPSA) is 71.9 Å². The van der Waals surface area contributed by atoms with E-state index in [4.69, 9.17) is 4.74 Å². The number of ether oxygens (including phenoxy) is 1. The van der Waals surface area contributed by atoms with E-state index < -0.39 is 0 Å². The number of hydrogen-bond acceptors (Lipinski definition) is 3. The summed E-state index contributed by atoms with van der Waals surface area (Å²) >= 11 is 0. The Morgan fingerprint density at radius 3 is 3.08 bits per heavy atom. The number of halogens is 1. The number of aryl methyl sites for hydroxylation is 1. The Morgan fingerprint density at radius 2 is 2.29 bits per heavy atom. The molecule has 1 aromatic carbocycles. The van der Waals surface area contributed by atoms with Gasteiger partial charge in [0.15, 0.2) is 0 Å². The van der Waals surface area contributed by atoms with Crippen LogP contribution in [0.4, 0.5) is 4.39 Å². The van der Waals surface area contributed by atoms with Gasteiger partial charge in [0.25, 0.3) is 5.91 Å². The second-order valence-electron chi connectivity index (χ2n) is 5.57. The predicted molar refractivity (Wildman–Crippen MR) is 88.3 cm³/mol. The molecular weight excluding hydrogens is 311 g/mol. The summed E-state index contributed by atoms with van der Waals surface area (Å²) in [6, 6.07) is 4.43. The van der Waals surface area contributed by atoms with Crippen LogP contribution in [-0.4, -0.2) is 34.2 Å². The van der Waals surface area contributed by atoms with Crippen LogP contribution in [-0.2, 0) is 17.8 Å². The third kappa shape index (κ3) is 3.16. The zero-order valence-electron chi connectivity index (χ0n) is 13.6. The zero-order valence-corrected chi connectivity index (χ0v) is 13.6. The first kappa shape index (κ1) is 16.2. The molecule has 0 radical (unpaired) electrons. The lowest BCUT2D eigenvalue weighted by Gasteiger charge is -2.08. The average Bonchev–Trinajstić information content (AvgIpc) is 3.15. The van der Waals surface area contributed by atoms with Crippen molar-refractivity contribution >= 4 is 16.8 Å². The molecule has 3 rings (SSSR count). The van der Waals surface area contributed by atoms with Crippen molar-refractivity contribution in [1.29, 1.82) is 0 Å². The van der Waals surface area contributed by atoms with Gasteiger partial charge in [-0.25, -0.2) is 9.37 Å². The van der Waals surface area contributed by atoms with Gasteiger partial charge in [0.1, 0.15) is 11.5 Å². The molecule has 0 aliphatic carbocycles. The van der Waals surface area contributed by atoms with E-state index in [1.807, 2.05) is 4.57 Å². The van der Waals surface area contributed by atoms with Crippen molar-refractivity contribution < 1.29 is 13.9 Å². The number of aromatic nitrogens is 3. The molecule has 7 heteroatoms. The maximum atomic E-state index is 13.4. The van der Waals surface area contributed by atoms with Gasteiger partial charge >= 0.3 is 0 Å². The molecule has 2 N–H and O–H groups in total. The fourth-order valence-electron chi connectivity index (χ4n) is 2.67. The number of nitrogens with one attached hydrogen (secondary N) is 2. The van der Waals surface area contributed by atoms with Crippen LogP contribution >= 0.6 is 0 Å². The summed E-state index contributed by atoms with van der Waals surface area (Å²) in [7, 11) is 1.64. The smallest absolute Gasteiger partial charge is 0.268 e. The van der Waals surface area contributed by atoms with E-state index in [0.29, 0.717) is 30.8 Å². The summed E-state index contributed by atoms with van der Waals surface area (Å²) in [5, 5.41) is 3.58. The van der Waals surface area contributed by atoms with Crippen molar-refractivity contribution in [1.82, 2.24) is 19.9 Å². The predicted octanol–water partition coefficient (Wildman–Crippen LogP) is 2.39. The number of aromatic amines is 1. The summed E-state index contributed by atoms with van der Waals surface area (Å²) < 4.78 is 20.4. The Labute approximate surface area is 138 Å². The number of nitrogens with zero attached hydrogens (tertiary/aromatic N) is 2. The van der Waals surface area contributed by atoms with E-state index in [-0.39, 0.29) is 11.7 Å². The first-order valence-corrected chi connectivity index (χ1v) is 7.64. The Bertz CT molecular complexity index is 869. The van der Waals surface area contributed by atoms with Crippen molar-refractivity contribution in [2.75, 3.05) is 13.7 Å². The van der Waals surface area contributed by atoms with Crippen LogP contribution in [0, 0.1) is 12.7 Å². The minimum atomic E-state index is -0.321. The average molecular weight is 330 g/mol. The number of methoxy groups -OCH3 is 1. The Hall–Kier alpha value is -2.67. The number of hydrogen-bond donors (Lipinski definition) is 2. The molecule has 0 fully saturated rings. The fourth-order valence-corrected chi connectivity index (χ4v) is 2.67. The molecule has 0 saturated heterocycles. The first-order chi connectivity index (χ1) is 11.6. The molecule has 2 heterocycles. The van der Waals surface area contributed by atoms with Gasteiger partial charge in [0.05, 0.1) is 25.2 Å². The normalized spacial score (nSPS) is 11.1. The van der Waals surface area contributed by atoms with Crippen LogP contribution in [0.25, 0.3) is 10.9 Å². The van der Waals surface area contributed by atoms with Gasteiger partial charge in [-0.3, -0.25) is 4.79 Å². The molecule has 126 valence electrons. The van der Waals surface area contributed by atoms with Crippen molar-refractivity contribution in [2.24, 2.45) is 0 Å². The molecule has 0 atom stereocenters. The van der Waals surface area contributed by atoms with Gasteiger partial charge < -0.3 is 19.6 Å². The third-order valence-electron chi connectivity index (χ3n) is 4.01. The number of carbonyl (C=O) groups excluding carboxylic acids is 1. The van der Waals surface area contributed by atoms with Gasteiger partial charge in [0, 0.05) is 30.8 Å². The number of rotatable bonds is 6. The molecule has 0 bridgehead atoms. The van der Waals surface area contributed by atoms with Crippen LogP contribution in [0.3, 0.4) is 0 Å². The monoisotopic (exact) mass is 330 g/mol. The Morgan fingerprint density at radius 1 is 1.46 bits per heavy atom. The largest absolute Gasteiger partial charge is 0.383 e. The Balaban J connectivity index is 1.74. The third-order valence-corrected chi connectivity index (χ3v) is 4.01. The zero-order chi connectivity index (χ0) is 17.1. The minimum absolute atomic E-state index is 0.233. The van der Waals surface area contributed by atoms with Gasteiger partial charge in [-0.05, 0) is 30.7 Å². The van der Waals surface area contributed by atoms with Crippen LogP contribution in [0.15, 0.2) is 30.7 Å². The van der Waals surface area contributed by atoms with Crippen molar-refractivity contribution in [2.45, 2.75) is 20.0 Å². The molecule has 1 amide bonds. The molecule has 0 aliphatic heterocycles. The van der Waals surface area contributed by atoms with E-state index in [2.05, 4.69) is 15.3 Å². The molecule has 0 unspecified atom stereocenters. The van der Waals surface area contributed by atoms with Gasteiger partial charge in [-0.15, -0.1) is 0 Å². The van der Waals surface area contributed by atoms with Crippen LogP contribution in [0.5, 0.6) is 0 Å². The van der Waals surface area contributed by atoms with Crippen LogP contribution in [0.1, 0.15) is 21.7 Å². The van der Waals surface area contributed by atoms with E-state index >= 15 is 0 Å². The van der Waals surface area contributed by atoms with Gasteiger partial charge in [0.2, 0.25) is 0 Å². The number of fused-ring (bicyclic) bond motifs is 1. The maximum absolute atomic E-state index is 13.4. The molecule has 2 aromatic heterocycles. The highest BCUT2D eigenvalue weighted by Gasteiger charge is 2.15. The molecule has 0 aliphatic rings. The quantitative estimate of drug-likeness (QED) is 0.729. The Kier molecular flexibility index (Phi) is 4.61. The lowest BCUT2D eigenvalue weighted by molar-refractivity contribution is 0.0945. The summed E-state index contributed by atoms with van der Waals surface area (Å²) in [6.45, 7) is 3.40. The molecule has 0 saturated carbocycles. The van der Waals surface area contributed by atoms with E-state index in [0.717, 1.165) is 16.8 Å². The molecule has 3 aromatic rings. The summed E-state index contributed by atoms with van der Waals surface area (Å²) in [5.74, 6) is -0.554. The number of H-pyrrole nitrogens is 1. The van der Waals surface area contributed by atoms with E-state index in [1.54, 1.807) is 32.6 Å². The highest BCUT2D eigenvalue weighted by atomic mass is 19.1. The summed E-state index contributed by atoms with van der Waals surface area (Å²) in [6.07, 6.45) is 3.42. The molecular formula is C17H19FN4O2. The minimum Gasteiger partial charge on any atom is -0.383 e. The van der Waals surface area contributed by atoms with E-state index in [1.165, 1.54) is 12.1 Å². The molecule has 0 spiro atoms. The second-order valence-corrected chi connectivity index (χ2v) is 5.57. The second kappa shape index (κ2) is 6.84. The fraction of sp³-hybridized carbons (Fsp3) is 0.294. The SMILES string of the molecule is COCCn1cncc1CNC(=O)c1[nH]c2ccc(F)cc2c1C. The summed E-state index contributed by atoms with van der Waals surface area (Å²) in [5.41, 5.74) is 2.80. The van der Waals surface area contributed by atoms with Crippen molar-refractivity contribution in [3.8, 4) is 0 Å². The van der Waals surface area contributed by atoms with Crippen LogP contribution < -0.4 is 5.32 Å². The lowest BCUT2D eigenvalue weighted by Crippen LogP contribution is -2.25.